The van der Waals surface area contributed by atoms with Crippen LogP contribution >= 0.6 is 23.4 Å². The highest BCUT2D eigenvalue weighted by molar-refractivity contribution is 7.99. The number of hydrogen-bond donors (Lipinski definition) is 0. The van der Waals surface area contributed by atoms with Gasteiger partial charge < -0.3 is 9.80 Å². The van der Waals surface area contributed by atoms with Crippen molar-refractivity contribution in [3.8, 4) is 0 Å². The first kappa shape index (κ1) is 16.2. The van der Waals surface area contributed by atoms with Crippen LogP contribution in [0.5, 0.6) is 0 Å². The topological polar surface area (TPSA) is 40.6 Å². The van der Waals surface area contributed by atoms with Gasteiger partial charge >= 0.3 is 0 Å². The maximum absolute atomic E-state index is 12.1. The normalized spacial score (nSPS) is 15.1. The number of benzene rings is 1. The van der Waals surface area contributed by atoms with Gasteiger partial charge in [0.2, 0.25) is 11.8 Å². The monoisotopic (exact) mass is 326 g/mol. The molecule has 6 heteroatoms. The minimum atomic E-state index is 0.0837. The molecule has 0 N–H and O–H groups in total. The van der Waals surface area contributed by atoms with E-state index in [0.29, 0.717) is 32.6 Å². The average Bonchev–Trinajstić information content (AvgIpc) is 2.49. The van der Waals surface area contributed by atoms with E-state index in [1.807, 2.05) is 29.2 Å². The standard InChI is InChI=1S/C15H19ClN2O2S/c1-12(19)17-7-9-18(10-8-17)15(20)6-11-21-14-4-2-13(16)3-5-14/h2-5H,6-11H2,1H3. The second kappa shape index (κ2) is 7.71. The van der Waals surface area contributed by atoms with E-state index in [1.165, 1.54) is 0 Å². The summed E-state index contributed by atoms with van der Waals surface area (Å²) in [7, 11) is 0. The van der Waals surface area contributed by atoms with Crippen molar-refractivity contribution >= 4 is 35.2 Å². The van der Waals surface area contributed by atoms with Gasteiger partial charge in [-0.3, -0.25) is 9.59 Å². The third-order valence-electron chi connectivity index (χ3n) is 3.48. The van der Waals surface area contributed by atoms with Crippen molar-refractivity contribution in [2.75, 3.05) is 31.9 Å². The van der Waals surface area contributed by atoms with Gasteiger partial charge in [0.05, 0.1) is 0 Å². The van der Waals surface area contributed by atoms with Crippen molar-refractivity contribution in [3.05, 3.63) is 29.3 Å². The van der Waals surface area contributed by atoms with Gasteiger partial charge in [-0.05, 0) is 24.3 Å². The molecule has 0 unspecified atom stereocenters. The first-order chi connectivity index (χ1) is 10.1. The lowest BCUT2D eigenvalue weighted by molar-refractivity contribution is -0.138. The Labute approximate surface area is 134 Å². The number of carbonyl (C=O) groups is 2. The van der Waals surface area contributed by atoms with Gasteiger partial charge in [-0.25, -0.2) is 0 Å². The number of rotatable bonds is 4. The number of amides is 2. The van der Waals surface area contributed by atoms with Crippen LogP contribution in [0.2, 0.25) is 5.02 Å². The Kier molecular flexibility index (Phi) is 5.94. The highest BCUT2D eigenvalue weighted by Gasteiger charge is 2.21. The summed E-state index contributed by atoms with van der Waals surface area (Å²) in [5, 5.41) is 0.721. The molecule has 0 atom stereocenters. The number of thioether (sulfide) groups is 1. The summed E-state index contributed by atoms with van der Waals surface area (Å²) >= 11 is 7.49. The third kappa shape index (κ3) is 4.93. The molecule has 0 saturated carbocycles. The summed E-state index contributed by atoms with van der Waals surface area (Å²) in [4.78, 5) is 28.1. The fraction of sp³-hybridized carbons (Fsp3) is 0.467. The molecule has 0 bridgehead atoms. The van der Waals surface area contributed by atoms with Crippen LogP contribution in [-0.2, 0) is 9.59 Å². The number of nitrogens with zero attached hydrogens (tertiary/aromatic N) is 2. The van der Waals surface area contributed by atoms with Crippen molar-refractivity contribution in [2.45, 2.75) is 18.2 Å². The molecule has 0 spiro atoms. The van der Waals surface area contributed by atoms with Gasteiger partial charge in [-0.15, -0.1) is 11.8 Å². The first-order valence-electron chi connectivity index (χ1n) is 6.98. The van der Waals surface area contributed by atoms with Gasteiger partial charge in [0.15, 0.2) is 0 Å². The second-order valence-electron chi connectivity index (χ2n) is 4.94. The van der Waals surface area contributed by atoms with Crippen molar-refractivity contribution in [1.82, 2.24) is 9.80 Å². The van der Waals surface area contributed by atoms with E-state index in [0.717, 1.165) is 15.7 Å². The van der Waals surface area contributed by atoms with Crippen LogP contribution in [0.1, 0.15) is 13.3 Å². The number of piperazine rings is 1. The Bertz CT molecular complexity index is 499. The van der Waals surface area contributed by atoms with Crippen LogP contribution in [0.4, 0.5) is 0 Å². The fourth-order valence-electron chi connectivity index (χ4n) is 2.22. The molecular weight excluding hydrogens is 308 g/mol. The zero-order valence-electron chi connectivity index (χ0n) is 12.0. The molecule has 2 rings (SSSR count). The van der Waals surface area contributed by atoms with Gasteiger partial charge in [-0.2, -0.15) is 0 Å². The zero-order chi connectivity index (χ0) is 15.2. The first-order valence-corrected chi connectivity index (χ1v) is 8.34. The summed E-state index contributed by atoms with van der Waals surface area (Å²) in [5.74, 6) is 1.01. The van der Waals surface area contributed by atoms with Gasteiger partial charge in [0.1, 0.15) is 0 Å². The molecule has 1 heterocycles. The summed E-state index contributed by atoms with van der Waals surface area (Å²) in [6.45, 7) is 4.14. The second-order valence-corrected chi connectivity index (χ2v) is 6.54. The number of carbonyl (C=O) groups excluding carboxylic acids is 2. The lowest BCUT2D eigenvalue weighted by atomic mass is 10.3. The van der Waals surface area contributed by atoms with Crippen LogP contribution in [0, 0.1) is 0 Å². The molecule has 114 valence electrons. The van der Waals surface area contributed by atoms with Crippen molar-refractivity contribution < 1.29 is 9.59 Å². The number of halogens is 1. The fourth-order valence-corrected chi connectivity index (χ4v) is 3.18. The Balaban J connectivity index is 1.70. The van der Waals surface area contributed by atoms with Crippen LogP contribution < -0.4 is 0 Å². The predicted molar refractivity (Wildman–Crippen MR) is 85.6 cm³/mol. The van der Waals surface area contributed by atoms with Gasteiger partial charge in [-0.1, -0.05) is 11.6 Å². The van der Waals surface area contributed by atoms with E-state index >= 15 is 0 Å². The minimum absolute atomic E-state index is 0.0837. The highest BCUT2D eigenvalue weighted by atomic mass is 35.5. The molecule has 0 radical (unpaired) electrons. The molecule has 1 fully saturated rings. The molecule has 21 heavy (non-hydrogen) atoms. The SMILES string of the molecule is CC(=O)N1CCN(C(=O)CCSc2ccc(Cl)cc2)CC1. The van der Waals surface area contributed by atoms with Gasteiger partial charge in [0, 0.05) is 55.2 Å². The molecular formula is C15H19ClN2O2S. The maximum atomic E-state index is 12.1. The third-order valence-corrected chi connectivity index (χ3v) is 4.74. The van der Waals surface area contributed by atoms with Crippen LogP contribution in [0.3, 0.4) is 0 Å². The molecule has 1 aromatic rings. The van der Waals surface area contributed by atoms with E-state index in [2.05, 4.69) is 0 Å². The minimum Gasteiger partial charge on any atom is -0.339 e. The highest BCUT2D eigenvalue weighted by Crippen LogP contribution is 2.21. The van der Waals surface area contributed by atoms with E-state index < -0.39 is 0 Å². The maximum Gasteiger partial charge on any atom is 0.223 e. The molecule has 2 amide bonds. The summed E-state index contributed by atoms with van der Waals surface area (Å²) in [6.07, 6.45) is 0.521. The van der Waals surface area contributed by atoms with E-state index in [4.69, 9.17) is 11.6 Å². The van der Waals surface area contributed by atoms with Crippen LogP contribution in [0.25, 0.3) is 0 Å². The Morgan fingerprint density at radius 1 is 1.10 bits per heavy atom. The summed E-state index contributed by atoms with van der Waals surface area (Å²) < 4.78 is 0. The molecule has 1 aliphatic heterocycles. The Hall–Kier alpha value is -1.20. The molecule has 0 aliphatic carbocycles. The Morgan fingerprint density at radius 3 is 2.24 bits per heavy atom. The lowest BCUT2D eigenvalue weighted by Crippen LogP contribution is -2.50. The Morgan fingerprint density at radius 2 is 1.67 bits per heavy atom. The lowest BCUT2D eigenvalue weighted by Gasteiger charge is -2.34. The largest absolute Gasteiger partial charge is 0.339 e. The average molecular weight is 327 g/mol. The van der Waals surface area contributed by atoms with Crippen molar-refractivity contribution in [3.63, 3.8) is 0 Å². The summed E-state index contributed by atoms with van der Waals surface area (Å²) in [5.41, 5.74) is 0. The zero-order valence-corrected chi connectivity index (χ0v) is 13.6. The molecule has 1 aromatic carbocycles. The predicted octanol–water partition coefficient (Wildman–Crippen LogP) is 2.51. The van der Waals surface area contributed by atoms with E-state index in [1.54, 1.807) is 23.6 Å². The van der Waals surface area contributed by atoms with Crippen LogP contribution in [-0.4, -0.2) is 53.5 Å². The van der Waals surface area contributed by atoms with Crippen molar-refractivity contribution in [2.24, 2.45) is 0 Å². The molecule has 4 nitrogen and oxygen atoms in total. The smallest absolute Gasteiger partial charge is 0.223 e. The number of hydrogen-bond acceptors (Lipinski definition) is 3. The molecule has 1 saturated heterocycles. The van der Waals surface area contributed by atoms with Gasteiger partial charge in [0.25, 0.3) is 0 Å². The van der Waals surface area contributed by atoms with Crippen molar-refractivity contribution in [1.29, 1.82) is 0 Å². The quantitative estimate of drug-likeness (QED) is 0.798. The molecule has 1 aliphatic rings. The van der Waals surface area contributed by atoms with Crippen LogP contribution in [0.15, 0.2) is 29.2 Å². The van der Waals surface area contributed by atoms with E-state index in [9.17, 15) is 9.59 Å². The molecule has 0 aromatic heterocycles. The summed E-state index contributed by atoms with van der Waals surface area (Å²) in [6, 6.07) is 7.63. The van der Waals surface area contributed by atoms with E-state index in [-0.39, 0.29) is 11.8 Å².